The Morgan fingerprint density at radius 1 is 1.17 bits per heavy atom. The Bertz CT molecular complexity index is 1210. The van der Waals surface area contributed by atoms with Crippen molar-refractivity contribution in [2.45, 2.75) is 6.54 Å². The number of aromatic nitrogens is 2. The molecule has 1 N–H and O–H groups in total. The minimum Gasteiger partial charge on any atom is -0.492 e. The van der Waals surface area contributed by atoms with E-state index >= 15 is 0 Å². The van der Waals surface area contributed by atoms with Gasteiger partial charge in [-0.3, -0.25) is 9.69 Å². The molecule has 0 unspecified atom stereocenters. The predicted octanol–water partition coefficient (Wildman–Crippen LogP) is 4.95. The van der Waals surface area contributed by atoms with Crippen LogP contribution in [-0.4, -0.2) is 35.1 Å². The third kappa shape index (κ3) is 4.70. The van der Waals surface area contributed by atoms with Crippen LogP contribution in [0.5, 0.6) is 5.75 Å². The molecule has 0 atom stereocenters. The second-order valence-electron chi connectivity index (χ2n) is 6.89. The fraction of sp³-hybridized carbons (Fsp3) is 0.182. The third-order valence-corrected chi connectivity index (χ3v) is 5.75. The number of hydrogen-bond donors (Lipinski definition) is 1. The van der Waals surface area contributed by atoms with Gasteiger partial charge in [-0.05, 0) is 49.0 Å². The number of benzene rings is 2. The van der Waals surface area contributed by atoms with Crippen molar-refractivity contribution in [1.29, 1.82) is 0 Å². The molecule has 4 aromatic rings. The first kappa shape index (κ1) is 20.5. The summed E-state index contributed by atoms with van der Waals surface area (Å²) in [6, 6.07) is 13.3. The highest BCUT2D eigenvalue weighted by molar-refractivity contribution is 7.17. The molecule has 0 aliphatic rings. The topological polar surface area (TPSA) is 58.2 Å². The van der Waals surface area contributed by atoms with Crippen LogP contribution in [0.25, 0.3) is 21.3 Å². The number of hydrogen-bond acceptors (Lipinski definition) is 5. The highest BCUT2D eigenvalue weighted by Gasteiger charge is 2.14. The van der Waals surface area contributed by atoms with Gasteiger partial charge in [-0.2, -0.15) is 0 Å². The zero-order valence-corrected chi connectivity index (χ0v) is 17.8. The Morgan fingerprint density at radius 3 is 2.63 bits per heavy atom. The van der Waals surface area contributed by atoms with Crippen molar-refractivity contribution in [2.75, 3.05) is 20.2 Å². The van der Waals surface area contributed by atoms with Gasteiger partial charge in [0.25, 0.3) is 5.56 Å². The molecule has 154 valence electrons. The molecule has 0 spiro atoms. The standard InChI is InChI=1S/C22H19ClFN3O2S/c1-27(10-11-29-17-8-6-16(24)7-9-17)12-19-25-21(28)20-18(13-30-22(20)26-19)14-2-4-15(23)5-3-14/h2-9,13H,10-12H2,1H3,(H,25,26,28). The van der Waals surface area contributed by atoms with Gasteiger partial charge in [-0.15, -0.1) is 11.3 Å². The highest BCUT2D eigenvalue weighted by Crippen LogP contribution is 2.31. The van der Waals surface area contributed by atoms with Crippen molar-refractivity contribution in [3.05, 3.63) is 80.9 Å². The van der Waals surface area contributed by atoms with Crippen molar-refractivity contribution in [3.63, 3.8) is 0 Å². The number of rotatable bonds is 7. The minimum absolute atomic E-state index is 0.155. The summed E-state index contributed by atoms with van der Waals surface area (Å²) in [7, 11) is 1.92. The van der Waals surface area contributed by atoms with Gasteiger partial charge in [0.1, 0.15) is 28.8 Å². The van der Waals surface area contributed by atoms with Gasteiger partial charge in [-0.1, -0.05) is 23.7 Å². The smallest absolute Gasteiger partial charge is 0.260 e. The van der Waals surface area contributed by atoms with Gasteiger partial charge in [0, 0.05) is 22.5 Å². The molecule has 0 saturated heterocycles. The average Bonchev–Trinajstić information content (AvgIpc) is 3.14. The zero-order valence-electron chi connectivity index (χ0n) is 16.2. The van der Waals surface area contributed by atoms with Crippen LogP contribution in [0.15, 0.2) is 58.7 Å². The van der Waals surface area contributed by atoms with Gasteiger partial charge in [0.15, 0.2) is 0 Å². The number of nitrogens with one attached hydrogen (secondary N) is 1. The monoisotopic (exact) mass is 443 g/mol. The quantitative estimate of drug-likeness (QED) is 0.439. The lowest BCUT2D eigenvalue weighted by molar-refractivity contribution is 0.229. The number of nitrogens with zero attached hydrogens (tertiary/aromatic N) is 2. The highest BCUT2D eigenvalue weighted by atomic mass is 35.5. The van der Waals surface area contributed by atoms with Gasteiger partial charge in [0.05, 0.1) is 11.9 Å². The number of likely N-dealkylation sites (N-methyl/N-ethyl adjacent to an activating group) is 1. The van der Waals surface area contributed by atoms with Crippen molar-refractivity contribution in [1.82, 2.24) is 14.9 Å². The second-order valence-corrected chi connectivity index (χ2v) is 8.18. The molecule has 8 heteroatoms. The van der Waals surface area contributed by atoms with E-state index in [0.29, 0.717) is 46.5 Å². The first-order valence-corrected chi connectivity index (χ1v) is 10.6. The number of aromatic amines is 1. The average molecular weight is 444 g/mol. The van der Waals surface area contributed by atoms with Gasteiger partial charge in [-0.25, -0.2) is 9.37 Å². The molecule has 2 aromatic carbocycles. The van der Waals surface area contributed by atoms with Crippen LogP contribution in [-0.2, 0) is 6.54 Å². The van der Waals surface area contributed by atoms with Crippen LogP contribution in [0.4, 0.5) is 4.39 Å². The molecule has 2 heterocycles. The Morgan fingerprint density at radius 2 is 1.90 bits per heavy atom. The summed E-state index contributed by atoms with van der Waals surface area (Å²) in [6.45, 7) is 1.54. The van der Waals surface area contributed by atoms with Crippen LogP contribution in [0.2, 0.25) is 5.02 Å². The van der Waals surface area contributed by atoms with Gasteiger partial charge >= 0.3 is 0 Å². The summed E-state index contributed by atoms with van der Waals surface area (Å²) < 4.78 is 18.5. The molecule has 0 bridgehead atoms. The van der Waals surface area contributed by atoms with Crippen molar-refractivity contribution in [2.24, 2.45) is 0 Å². The molecule has 0 aliphatic heterocycles. The van der Waals surface area contributed by atoms with E-state index in [1.54, 1.807) is 24.3 Å². The zero-order chi connectivity index (χ0) is 21.1. The summed E-state index contributed by atoms with van der Waals surface area (Å²) in [5.41, 5.74) is 1.63. The molecule has 0 radical (unpaired) electrons. The lowest BCUT2D eigenvalue weighted by Crippen LogP contribution is -2.26. The third-order valence-electron chi connectivity index (χ3n) is 4.62. The number of H-pyrrole nitrogens is 1. The van der Waals surface area contributed by atoms with Gasteiger partial charge < -0.3 is 9.72 Å². The number of fused-ring (bicyclic) bond motifs is 1. The molecule has 4 rings (SSSR count). The summed E-state index contributed by atoms with van der Waals surface area (Å²) in [4.78, 5) is 23.0. The molecular weight excluding hydrogens is 425 g/mol. The van der Waals surface area contributed by atoms with E-state index in [0.717, 1.165) is 11.1 Å². The van der Waals surface area contributed by atoms with Crippen LogP contribution in [0, 0.1) is 5.82 Å². The normalized spacial score (nSPS) is 11.3. The van der Waals surface area contributed by atoms with E-state index in [1.165, 1.54) is 23.5 Å². The maximum Gasteiger partial charge on any atom is 0.260 e. The Balaban J connectivity index is 1.44. The molecule has 0 saturated carbocycles. The molecule has 0 amide bonds. The number of halogens is 2. The summed E-state index contributed by atoms with van der Waals surface area (Å²) in [5.74, 6) is 0.921. The van der Waals surface area contributed by atoms with Crippen LogP contribution >= 0.6 is 22.9 Å². The summed E-state index contributed by atoms with van der Waals surface area (Å²) >= 11 is 7.41. The lowest BCUT2D eigenvalue weighted by Gasteiger charge is -2.16. The molecular formula is C22H19ClFN3O2S. The largest absolute Gasteiger partial charge is 0.492 e. The van der Waals surface area contributed by atoms with Crippen molar-refractivity contribution < 1.29 is 9.13 Å². The Kier molecular flexibility index (Phi) is 6.13. The van der Waals surface area contributed by atoms with Crippen molar-refractivity contribution in [3.8, 4) is 16.9 Å². The molecule has 0 aliphatic carbocycles. The van der Waals surface area contributed by atoms with E-state index in [4.69, 9.17) is 16.3 Å². The molecule has 30 heavy (non-hydrogen) atoms. The molecule has 5 nitrogen and oxygen atoms in total. The van der Waals surface area contributed by atoms with Gasteiger partial charge in [0.2, 0.25) is 0 Å². The first-order chi connectivity index (χ1) is 14.5. The maximum absolute atomic E-state index is 12.9. The first-order valence-electron chi connectivity index (χ1n) is 9.33. The fourth-order valence-corrected chi connectivity index (χ4v) is 4.19. The Labute approximate surface area is 181 Å². The van der Waals surface area contributed by atoms with Crippen LogP contribution < -0.4 is 10.3 Å². The van der Waals surface area contributed by atoms with E-state index in [9.17, 15) is 9.18 Å². The Hall–Kier alpha value is -2.74. The van der Waals surface area contributed by atoms with Crippen LogP contribution in [0.3, 0.4) is 0 Å². The summed E-state index contributed by atoms with van der Waals surface area (Å²) in [5, 5.41) is 3.19. The van der Waals surface area contributed by atoms with E-state index in [1.807, 2.05) is 29.5 Å². The second kappa shape index (κ2) is 8.95. The summed E-state index contributed by atoms with van der Waals surface area (Å²) in [6.07, 6.45) is 0. The van der Waals surface area contributed by atoms with Crippen LogP contribution in [0.1, 0.15) is 5.82 Å². The number of ether oxygens (including phenoxy) is 1. The SMILES string of the molecule is CN(CCOc1ccc(F)cc1)Cc1nc2scc(-c3ccc(Cl)cc3)c2c(=O)[nH]1. The molecule has 2 aromatic heterocycles. The minimum atomic E-state index is -0.294. The number of thiophene rings is 1. The molecule has 0 fully saturated rings. The van der Waals surface area contributed by atoms with E-state index in [2.05, 4.69) is 9.97 Å². The fourth-order valence-electron chi connectivity index (χ4n) is 3.10. The van der Waals surface area contributed by atoms with E-state index < -0.39 is 0 Å². The maximum atomic E-state index is 12.9. The van der Waals surface area contributed by atoms with Crippen molar-refractivity contribution >= 4 is 33.2 Å². The van der Waals surface area contributed by atoms with E-state index in [-0.39, 0.29) is 11.4 Å². The predicted molar refractivity (Wildman–Crippen MR) is 119 cm³/mol. The lowest BCUT2D eigenvalue weighted by atomic mass is 10.1.